The van der Waals surface area contributed by atoms with Gasteiger partial charge in [-0.3, -0.25) is 0 Å². The number of aromatic amines is 1. The lowest BCUT2D eigenvalue weighted by Crippen LogP contribution is -2.03. The Morgan fingerprint density at radius 1 is 1.35 bits per heavy atom. The number of hydrogen-bond acceptors (Lipinski definition) is 5. The van der Waals surface area contributed by atoms with E-state index < -0.39 is 0 Å². The summed E-state index contributed by atoms with van der Waals surface area (Å²) < 4.78 is 11.1. The predicted molar refractivity (Wildman–Crippen MR) is 77.0 cm³/mol. The van der Waals surface area contributed by atoms with Gasteiger partial charge in [-0.25, -0.2) is 10.1 Å². The van der Waals surface area contributed by atoms with Crippen LogP contribution in [0.15, 0.2) is 37.2 Å². The number of hydrogen-bond donors (Lipinski definition) is 2. The van der Waals surface area contributed by atoms with E-state index in [1.165, 1.54) is 6.33 Å². The predicted octanol–water partition coefficient (Wildman–Crippen LogP) is 2.38. The topological polar surface area (TPSA) is 72.1 Å². The molecule has 0 unspecified atom stereocenters. The molecule has 2 N–H and O–H groups in total. The Balaban J connectivity index is 2.05. The molecule has 0 aliphatic heterocycles. The molecule has 1 aromatic carbocycles. The highest BCUT2D eigenvalue weighted by Gasteiger charge is 2.06. The third kappa shape index (κ3) is 3.74. The van der Waals surface area contributed by atoms with Crippen LogP contribution in [0.25, 0.3) is 0 Å². The summed E-state index contributed by atoms with van der Waals surface area (Å²) in [5.74, 6) is 2.08. The Morgan fingerprint density at radius 3 is 2.95 bits per heavy atom. The Labute approximate surface area is 117 Å². The summed E-state index contributed by atoms with van der Waals surface area (Å²) in [6, 6.07) is 5.82. The normalized spacial score (nSPS) is 10.1. The zero-order valence-electron chi connectivity index (χ0n) is 11.4. The smallest absolute Gasteiger partial charge is 0.218 e. The number of rotatable bonds is 8. The first-order chi connectivity index (χ1) is 9.83. The van der Waals surface area contributed by atoms with E-state index in [2.05, 4.69) is 27.1 Å². The van der Waals surface area contributed by atoms with Crippen molar-refractivity contribution < 1.29 is 9.47 Å². The van der Waals surface area contributed by atoms with Crippen molar-refractivity contribution in [1.82, 2.24) is 15.2 Å². The Hall–Kier alpha value is -2.50. The highest BCUT2D eigenvalue weighted by Crippen LogP contribution is 2.28. The van der Waals surface area contributed by atoms with Gasteiger partial charge >= 0.3 is 0 Å². The summed E-state index contributed by atoms with van der Waals surface area (Å²) in [5.41, 5.74) is 1.07. The van der Waals surface area contributed by atoms with Crippen LogP contribution < -0.4 is 14.8 Å². The fourth-order valence-electron chi connectivity index (χ4n) is 1.68. The van der Waals surface area contributed by atoms with E-state index in [1.54, 1.807) is 6.08 Å². The first-order valence-corrected chi connectivity index (χ1v) is 6.42. The lowest BCUT2D eigenvalue weighted by molar-refractivity contribution is 0.296. The molecule has 20 heavy (non-hydrogen) atoms. The summed E-state index contributed by atoms with van der Waals surface area (Å²) in [7, 11) is 0. The van der Waals surface area contributed by atoms with Crippen molar-refractivity contribution in [3.8, 4) is 11.5 Å². The molecular weight excluding hydrogens is 256 g/mol. The van der Waals surface area contributed by atoms with Crippen molar-refractivity contribution in [2.45, 2.75) is 13.5 Å². The maximum Gasteiger partial charge on any atom is 0.218 e. The largest absolute Gasteiger partial charge is 0.490 e. The van der Waals surface area contributed by atoms with E-state index in [4.69, 9.17) is 9.47 Å². The molecular formula is C14H18N4O2. The second-order valence-corrected chi connectivity index (χ2v) is 4.00. The molecule has 6 nitrogen and oxygen atoms in total. The molecule has 0 aliphatic carbocycles. The lowest BCUT2D eigenvalue weighted by atomic mass is 10.2. The van der Waals surface area contributed by atoms with Crippen molar-refractivity contribution in [2.75, 3.05) is 18.5 Å². The summed E-state index contributed by atoms with van der Waals surface area (Å²) >= 11 is 0. The van der Waals surface area contributed by atoms with Crippen LogP contribution in [0.1, 0.15) is 12.5 Å². The van der Waals surface area contributed by atoms with Crippen LogP contribution in [0, 0.1) is 0 Å². The molecule has 0 fully saturated rings. The molecule has 2 rings (SSSR count). The van der Waals surface area contributed by atoms with E-state index in [9.17, 15) is 0 Å². The van der Waals surface area contributed by atoms with Crippen LogP contribution in [0.4, 0.5) is 5.95 Å². The first kappa shape index (κ1) is 13.9. The Bertz CT molecular complexity index is 540. The second kappa shape index (κ2) is 7.18. The van der Waals surface area contributed by atoms with Gasteiger partial charge < -0.3 is 14.8 Å². The quantitative estimate of drug-likeness (QED) is 0.723. The molecule has 1 aromatic heterocycles. The zero-order valence-corrected chi connectivity index (χ0v) is 11.4. The molecule has 1 heterocycles. The Morgan fingerprint density at radius 2 is 2.25 bits per heavy atom. The molecule has 0 atom stereocenters. The number of anilines is 1. The van der Waals surface area contributed by atoms with Gasteiger partial charge in [0.25, 0.3) is 0 Å². The van der Waals surface area contributed by atoms with E-state index in [1.807, 2.05) is 25.1 Å². The van der Waals surface area contributed by atoms with Gasteiger partial charge in [0.05, 0.1) is 6.61 Å². The number of benzene rings is 1. The average molecular weight is 274 g/mol. The molecule has 6 heteroatoms. The van der Waals surface area contributed by atoms with Crippen molar-refractivity contribution in [2.24, 2.45) is 0 Å². The number of H-pyrrole nitrogens is 1. The van der Waals surface area contributed by atoms with Crippen LogP contribution in [0.3, 0.4) is 0 Å². The third-order valence-electron chi connectivity index (χ3n) is 2.54. The maximum absolute atomic E-state index is 5.59. The van der Waals surface area contributed by atoms with Crippen LogP contribution in [-0.2, 0) is 6.54 Å². The molecule has 0 radical (unpaired) electrons. The number of ether oxygens (including phenoxy) is 2. The molecule has 106 valence electrons. The van der Waals surface area contributed by atoms with Crippen molar-refractivity contribution >= 4 is 5.95 Å². The minimum Gasteiger partial charge on any atom is -0.490 e. The van der Waals surface area contributed by atoms with Gasteiger partial charge in [-0.1, -0.05) is 18.7 Å². The van der Waals surface area contributed by atoms with Gasteiger partial charge in [0.1, 0.15) is 12.9 Å². The van der Waals surface area contributed by atoms with Crippen LogP contribution in [0.2, 0.25) is 0 Å². The van der Waals surface area contributed by atoms with Crippen LogP contribution in [-0.4, -0.2) is 28.4 Å². The summed E-state index contributed by atoms with van der Waals surface area (Å²) in [5, 5.41) is 9.65. The van der Waals surface area contributed by atoms with Crippen LogP contribution in [0.5, 0.6) is 11.5 Å². The van der Waals surface area contributed by atoms with Gasteiger partial charge in [-0.15, -0.1) is 0 Å². The zero-order chi connectivity index (χ0) is 14.2. The monoisotopic (exact) mass is 274 g/mol. The maximum atomic E-state index is 5.59. The summed E-state index contributed by atoms with van der Waals surface area (Å²) in [4.78, 5) is 4.00. The van der Waals surface area contributed by atoms with Gasteiger partial charge in [-0.2, -0.15) is 5.10 Å². The van der Waals surface area contributed by atoms with E-state index in [0.717, 1.165) is 17.1 Å². The Kier molecular flexibility index (Phi) is 5.00. The standard InChI is InChI=1S/C14H18N4O2/c1-3-7-20-12-6-5-11(8-13(12)19-4-2)9-15-14-16-10-17-18-14/h3,5-6,8,10H,1,4,7,9H2,2H3,(H2,15,16,17,18). The molecule has 0 aliphatic rings. The minimum absolute atomic E-state index is 0.454. The summed E-state index contributed by atoms with van der Waals surface area (Å²) in [6.07, 6.45) is 3.16. The molecule has 0 bridgehead atoms. The molecule has 0 amide bonds. The van der Waals surface area contributed by atoms with Gasteiger partial charge in [0.2, 0.25) is 5.95 Å². The SMILES string of the molecule is C=CCOc1ccc(CNc2ncn[nH]2)cc1OCC. The van der Waals surface area contributed by atoms with E-state index in [-0.39, 0.29) is 0 Å². The van der Waals surface area contributed by atoms with Crippen molar-refractivity contribution in [1.29, 1.82) is 0 Å². The van der Waals surface area contributed by atoms with E-state index >= 15 is 0 Å². The number of aromatic nitrogens is 3. The summed E-state index contributed by atoms with van der Waals surface area (Å²) in [6.45, 7) is 7.24. The third-order valence-corrected chi connectivity index (χ3v) is 2.54. The van der Waals surface area contributed by atoms with Crippen molar-refractivity contribution in [3.63, 3.8) is 0 Å². The molecule has 2 aromatic rings. The van der Waals surface area contributed by atoms with Gasteiger partial charge in [0.15, 0.2) is 11.5 Å². The van der Waals surface area contributed by atoms with Crippen LogP contribution >= 0.6 is 0 Å². The van der Waals surface area contributed by atoms with Gasteiger partial charge in [-0.05, 0) is 24.6 Å². The fraction of sp³-hybridized carbons (Fsp3) is 0.286. The fourth-order valence-corrected chi connectivity index (χ4v) is 1.68. The minimum atomic E-state index is 0.454. The number of nitrogens with zero attached hydrogens (tertiary/aromatic N) is 2. The molecule has 0 saturated carbocycles. The molecule has 0 spiro atoms. The average Bonchev–Trinajstić information content (AvgIpc) is 2.98. The highest BCUT2D eigenvalue weighted by molar-refractivity contribution is 5.44. The first-order valence-electron chi connectivity index (χ1n) is 6.42. The molecule has 0 saturated heterocycles. The second-order valence-electron chi connectivity index (χ2n) is 4.00. The van der Waals surface area contributed by atoms with Crippen molar-refractivity contribution in [3.05, 3.63) is 42.7 Å². The highest BCUT2D eigenvalue weighted by atomic mass is 16.5. The lowest BCUT2D eigenvalue weighted by Gasteiger charge is -2.12. The van der Waals surface area contributed by atoms with E-state index in [0.29, 0.717) is 25.7 Å². The van der Waals surface area contributed by atoms with Gasteiger partial charge in [0, 0.05) is 6.54 Å². The number of nitrogens with one attached hydrogen (secondary N) is 2.